The molecule has 0 aromatic heterocycles. The van der Waals surface area contributed by atoms with Gasteiger partial charge in [-0.05, 0) is 74.9 Å². The van der Waals surface area contributed by atoms with Crippen LogP contribution in [0.1, 0.15) is 55.1 Å². The molecular weight excluding hydrogens is 605 g/mol. The minimum absolute atomic E-state index is 0.00467. The lowest BCUT2D eigenvalue weighted by Gasteiger charge is -2.33. The van der Waals surface area contributed by atoms with Gasteiger partial charge in [-0.25, -0.2) is 4.79 Å². The lowest BCUT2D eigenvalue weighted by molar-refractivity contribution is -0.137. The number of likely N-dealkylation sites (tertiary alicyclic amines) is 1. The number of benzene rings is 3. The van der Waals surface area contributed by atoms with Gasteiger partial charge < -0.3 is 29.7 Å². The predicted molar refractivity (Wildman–Crippen MR) is 171 cm³/mol. The fraction of sp³-hybridized carbons (Fsp3) is 0.364. The average molecular weight is 643 g/mol. The van der Waals surface area contributed by atoms with Gasteiger partial charge in [0.2, 0.25) is 0 Å². The fourth-order valence-electron chi connectivity index (χ4n) is 4.77. The van der Waals surface area contributed by atoms with Crippen LogP contribution < -0.4 is 10.1 Å². The fourth-order valence-corrected chi connectivity index (χ4v) is 5.13. The van der Waals surface area contributed by atoms with E-state index in [2.05, 4.69) is 5.32 Å². The second-order valence-electron chi connectivity index (χ2n) is 11.6. The molecule has 1 heterocycles. The van der Waals surface area contributed by atoms with Crippen LogP contribution in [0.2, 0.25) is 10.0 Å². The van der Waals surface area contributed by atoms with Gasteiger partial charge in [0.15, 0.2) is 0 Å². The van der Waals surface area contributed by atoms with Crippen molar-refractivity contribution in [3.8, 4) is 5.75 Å². The zero-order valence-corrected chi connectivity index (χ0v) is 26.5. The summed E-state index contributed by atoms with van der Waals surface area (Å²) in [5, 5.41) is 13.8. The molecule has 3 aromatic rings. The molecule has 2 N–H and O–H groups in total. The topological polar surface area (TPSA) is 108 Å². The van der Waals surface area contributed by atoms with Crippen molar-refractivity contribution in [2.24, 2.45) is 0 Å². The first kappa shape index (κ1) is 33.0. The van der Waals surface area contributed by atoms with Gasteiger partial charge in [0.25, 0.3) is 5.91 Å². The second kappa shape index (κ2) is 14.7. The summed E-state index contributed by atoms with van der Waals surface area (Å²) in [6, 6.07) is 19.4. The number of carboxylic acid groups (broad SMARTS) is 1. The summed E-state index contributed by atoms with van der Waals surface area (Å²) >= 11 is 12.5. The third-order valence-electron chi connectivity index (χ3n) is 6.98. The van der Waals surface area contributed by atoms with Gasteiger partial charge in [0.05, 0.1) is 6.54 Å². The van der Waals surface area contributed by atoms with Gasteiger partial charge in [-0.3, -0.25) is 9.59 Å². The normalized spacial score (nSPS) is 13.7. The van der Waals surface area contributed by atoms with Crippen LogP contribution in [0.25, 0.3) is 0 Å². The van der Waals surface area contributed by atoms with E-state index in [0.29, 0.717) is 46.5 Å². The minimum atomic E-state index is -1.13. The minimum Gasteiger partial charge on any atom is -0.490 e. The Bertz CT molecular complexity index is 1450. The molecular formula is C33H37Cl2N3O6. The first-order chi connectivity index (χ1) is 20.9. The molecule has 0 saturated carbocycles. The van der Waals surface area contributed by atoms with Crippen molar-refractivity contribution in [3.63, 3.8) is 0 Å². The van der Waals surface area contributed by atoms with Crippen molar-refractivity contribution in [2.75, 3.05) is 25.0 Å². The summed E-state index contributed by atoms with van der Waals surface area (Å²) in [4.78, 5) is 40.1. The van der Waals surface area contributed by atoms with Crippen molar-refractivity contribution in [1.82, 2.24) is 9.80 Å². The van der Waals surface area contributed by atoms with Crippen molar-refractivity contribution < 1.29 is 29.0 Å². The molecule has 0 bridgehead atoms. The number of halogens is 2. The van der Waals surface area contributed by atoms with Gasteiger partial charge in [-0.1, -0.05) is 41.4 Å². The Labute approximate surface area is 267 Å². The Morgan fingerprint density at radius 2 is 1.64 bits per heavy atom. The summed E-state index contributed by atoms with van der Waals surface area (Å²) in [5.41, 5.74) is 2.09. The molecule has 1 saturated heterocycles. The highest BCUT2D eigenvalue weighted by atomic mass is 35.5. The molecule has 0 atom stereocenters. The Hall–Kier alpha value is -3.95. The van der Waals surface area contributed by atoms with E-state index in [-0.39, 0.29) is 18.7 Å². The summed E-state index contributed by atoms with van der Waals surface area (Å²) in [7, 11) is 0. The van der Waals surface area contributed by atoms with Gasteiger partial charge in [0.1, 0.15) is 24.0 Å². The van der Waals surface area contributed by atoms with Crippen molar-refractivity contribution in [1.29, 1.82) is 0 Å². The number of amides is 2. The van der Waals surface area contributed by atoms with Gasteiger partial charge >= 0.3 is 12.1 Å². The quantitative estimate of drug-likeness (QED) is 0.243. The third-order valence-corrected chi connectivity index (χ3v) is 7.58. The molecule has 234 valence electrons. The monoisotopic (exact) mass is 641 g/mol. The number of carboxylic acids is 1. The van der Waals surface area contributed by atoms with Crippen LogP contribution in [0.5, 0.6) is 5.75 Å². The molecule has 11 heteroatoms. The van der Waals surface area contributed by atoms with E-state index in [1.807, 2.05) is 51.1 Å². The summed E-state index contributed by atoms with van der Waals surface area (Å²) < 4.78 is 11.6. The Morgan fingerprint density at radius 3 is 2.25 bits per heavy atom. The molecule has 9 nitrogen and oxygen atoms in total. The van der Waals surface area contributed by atoms with Gasteiger partial charge in [-0.15, -0.1) is 0 Å². The Balaban J connectivity index is 1.35. The van der Waals surface area contributed by atoms with Crippen LogP contribution in [0, 0.1) is 0 Å². The maximum Gasteiger partial charge on any atom is 0.410 e. The number of anilines is 1. The van der Waals surface area contributed by atoms with Crippen LogP contribution in [-0.4, -0.2) is 64.2 Å². The Morgan fingerprint density at radius 1 is 0.977 bits per heavy atom. The molecule has 0 unspecified atom stereocenters. The average Bonchev–Trinajstić information content (AvgIpc) is 2.97. The molecule has 0 aliphatic carbocycles. The van der Waals surface area contributed by atoms with Gasteiger partial charge in [-0.2, -0.15) is 0 Å². The van der Waals surface area contributed by atoms with E-state index < -0.39 is 24.0 Å². The van der Waals surface area contributed by atoms with Crippen molar-refractivity contribution in [3.05, 3.63) is 93.5 Å². The number of carbonyl (C=O) groups excluding carboxylic acids is 2. The lowest BCUT2D eigenvalue weighted by atomic mass is 10.1. The molecule has 3 aromatic carbocycles. The predicted octanol–water partition coefficient (Wildman–Crippen LogP) is 7.11. The molecule has 1 aliphatic heterocycles. The van der Waals surface area contributed by atoms with Crippen LogP contribution in [0.3, 0.4) is 0 Å². The lowest BCUT2D eigenvalue weighted by Crippen LogP contribution is -2.44. The number of nitrogens with zero attached hydrogens (tertiary/aromatic N) is 2. The number of rotatable bonds is 10. The van der Waals surface area contributed by atoms with E-state index >= 15 is 0 Å². The van der Waals surface area contributed by atoms with Gasteiger partial charge in [0, 0.05) is 59.3 Å². The maximum atomic E-state index is 13.2. The van der Waals surface area contributed by atoms with Crippen LogP contribution in [0.4, 0.5) is 10.5 Å². The number of hydrogen-bond acceptors (Lipinski definition) is 6. The maximum absolute atomic E-state index is 13.2. The number of piperidine rings is 1. The zero-order valence-electron chi connectivity index (χ0n) is 25.0. The third kappa shape index (κ3) is 9.53. The summed E-state index contributed by atoms with van der Waals surface area (Å²) in [6.07, 6.45) is 1.16. The molecule has 1 fully saturated rings. The number of aliphatic carboxylic acids is 1. The van der Waals surface area contributed by atoms with Crippen molar-refractivity contribution >= 4 is 46.9 Å². The Kier molecular flexibility index (Phi) is 11.0. The number of carbonyl (C=O) groups is 3. The molecule has 4 rings (SSSR count). The van der Waals surface area contributed by atoms with Crippen molar-refractivity contribution in [2.45, 2.75) is 58.4 Å². The van der Waals surface area contributed by atoms with Crippen LogP contribution >= 0.6 is 23.2 Å². The van der Waals surface area contributed by atoms with Crippen LogP contribution in [-0.2, 0) is 22.6 Å². The summed E-state index contributed by atoms with van der Waals surface area (Å²) in [6.45, 7) is 6.70. The summed E-state index contributed by atoms with van der Waals surface area (Å²) in [5.74, 6) is -0.830. The first-order valence-electron chi connectivity index (χ1n) is 14.4. The van der Waals surface area contributed by atoms with E-state index in [1.165, 1.54) is 4.90 Å². The standard InChI is InChI=1S/C33H37Cl2N3O6/c1-33(2,3)44-32(42)37-17-15-26(16-18-37)43-25-13-7-22(8-14-25)19-36-29-6-4-5-28(35)27(29)20-38(21-30(39)40)31(41)23-9-11-24(34)12-10-23/h4-14,26,36H,15-21H2,1-3H3,(H,39,40). The second-order valence-corrected chi connectivity index (χ2v) is 12.5. The van der Waals surface area contributed by atoms with E-state index in [4.69, 9.17) is 32.7 Å². The highest BCUT2D eigenvalue weighted by Crippen LogP contribution is 2.28. The molecule has 1 aliphatic rings. The smallest absolute Gasteiger partial charge is 0.410 e. The molecule has 44 heavy (non-hydrogen) atoms. The number of hydrogen-bond donors (Lipinski definition) is 2. The van der Waals surface area contributed by atoms with E-state index in [1.54, 1.807) is 41.3 Å². The van der Waals surface area contributed by atoms with Crippen LogP contribution in [0.15, 0.2) is 66.7 Å². The largest absolute Gasteiger partial charge is 0.490 e. The first-order valence-corrected chi connectivity index (χ1v) is 15.1. The van der Waals surface area contributed by atoms with E-state index in [9.17, 15) is 19.5 Å². The molecule has 0 spiro atoms. The SMILES string of the molecule is CC(C)(C)OC(=O)N1CCC(Oc2ccc(CNc3cccc(Cl)c3CN(CC(=O)O)C(=O)c3ccc(Cl)cc3)cc2)CC1. The molecule has 2 amide bonds. The molecule has 0 radical (unpaired) electrons. The highest BCUT2D eigenvalue weighted by Gasteiger charge is 2.28. The number of ether oxygens (including phenoxy) is 2. The highest BCUT2D eigenvalue weighted by molar-refractivity contribution is 6.31. The zero-order chi connectivity index (χ0) is 31.9. The number of nitrogens with one attached hydrogen (secondary N) is 1. The van der Waals surface area contributed by atoms with E-state index in [0.717, 1.165) is 24.2 Å².